The number of hydrogen-bond donors (Lipinski definition) is 0. The molecule has 0 bridgehead atoms. The van der Waals surface area contributed by atoms with E-state index < -0.39 is 5.41 Å². The first-order valence-corrected chi connectivity index (χ1v) is 26.9. The Kier molecular flexibility index (Phi) is 11.9. The zero-order valence-electron chi connectivity index (χ0n) is 46.4. The summed E-state index contributed by atoms with van der Waals surface area (Å²) in [4.78, 5) is 4.82. The van der Waals surface area contributed by atoms with Crippen LogP contribution in [0, 0.1) is 6.92 Å². The minimum atomic E-state index is -0.654. The molecule has 0 amide bonds. The van der Waals surface area contributed by atoms with Crippen LogP contribution >= 0.6 is 0 Å². The fourth-order valence-electron chi connectivity index (χ4n) is 11.6. The van der Waals surface area contributed by atoms with Crippen LogP contribution in [0.5, 0.6) is 0 Å². The van der Waals surface area contributed by atoms with Crippen molar-refractivity contribution >= 4 is 56.1 Å². The van der Waals surface area contributed by atoms with Gasteiger partial charge in [-0.3, -0.25) is 0 Å². The summed E-state index contributed by atoms with van der Waals surface area (Å²) in [6.07, 6.45) is 0. The van der Waals surface area contributed by atoms with E-state index in [0.29, 0.717) is 0 Å². The molecule has 75 heavy (non-hydrogen) atoms. The van der Waals surface area contributed by atoms with Crippen LogP contribution in [-0.4, -0.2) is 0 Å². The Morgan fingerprint density at radius 3 is 1.19 bits per heavy atom. The minimum absolute atomic E-state index is 0.0129. The first-order chi connectivity index (χ1) is 35.6. The van der Waals surface area contributed by atoms with Gasteiger partial charge in [-0.15, -0.1) is 0 Å². The van der Waals surface area contributed by atoms with Crippen molar-refractivity contribution in [2.75, 3.05) is 9.80 Å². The van der Waals surface area contributed by atoms with E-state index in [4.69, 9.17) is 4.42 Å². The van der Waals surface area contributed by atoms with E-state index in [9.17, 15) is 0 Å². The van der Waals surface area contributed by atoms with Crippen molar-refractivity contribution in [1.82, 2.24) is 0 Å². The van der Waals surface area contributed by atoms with Crippen LogP contribution < -0.4 is 9.80 Å². The summed E-state index contributed by atoms with van der Waals surface area (Å²) in [5.41, 5.74) is 21.1. The Balaban J connectivity index is 1.26. The van der Waals surface area contributed by atoms with E-state index in [1.165, 1.54) is 61.2 Å². The maximum atomic E-state index is 7.63. The second kappa shape index (κ2) is 18.0. The summed E-state index contributed by atoms with van der Waals surface area (Å²) < 4.78 is 7.63. The van der Waals surface area contributed by atoms with Gasteiger partial charge in [0.15, 0.2) is 5.58 Å². The number of furan rings is 1. The largest absolute Gasteiger partial charge is 0.454 e. The van der Waals surface area contributed by atoms with E-state index in [0.717, 1.165) is 56.1 Å². The van der Waals surface area contributed by atoms with E-state index in [1.54, 1.807) is 0 Å². The molecule has 0 N–H and O–H groups in total. The van der Waals surface area contributed by atoms with Crippen LogP contribution in [0.15, 0.2) is 205 Å². The van der Waals surface area contributed by atoms with Gasteiger partial charge in [-0.05, 0) is 151 Å². The van der Waals surface area contributed by atoms with Crippen LogP contribution in [0.2, 0.25) is 0 Å². The van der Waals surface area contributed by atoms with E-state index in [2.05, 4.69) is 300 Å². The van der Waals surface area contributed by atoms with Gasteiger partial charge < -0.3 is 14.2 Å². The topological polar surface area (TPSA) is 19.6 Å². The molecule has 10 aromatic rings. The normalized spacial score (nSPS) is 13.5. The van der Waals surface area contributed by atoms with Gasteiger partial charge in [0.2, 0.25) is 0 Å². The van der Waals surface area contributed by atoms with Crippen LogP contribution in [0.3, 0.4) is 0 Å². The quantitative estimate of drug-likeness (QED) is 0.151. The molecule has 1 aliphatic carbocycles. The van der Waals surface area contributed by atoms with Crippen LogP contribution in [0.25, 0.3) is 33.1 Å². The molecule has 11 rings (SSSR count). The van der Waals surface area contributed by atoms with Crippen LogP contribution in [0.4, 0.5) is 34.1 Å². The molecule has 0 atom stereocenters. The lowest BCUT2D eigenvalue weighted by Gasteiger charge is -2.35. The monoisotopic (exact) mass is 981 g/mol. The zero-order valence-corrected chi connectivity index (χ0v) is 46.4. The first kappa shape index (κ1) is 49.6. The molecule has 0 saturated carbocycles. The third-order valence-electron chi connectivity index (χ3n) is 15.8. The number of nitrogens with zero attached hydrogens (tertiary/aromatic N) is 2. The molecule has 1 aromatic heterocycles. The minimum Gasteiger partial charge on any atom is -0.454 e. The highest BCUT2D eigenvalue weighted by atomic mass is 16.3. The fraction of sp³-hybridized carbons (Fsp3) is 0.250. The maximum absolute atomic E-state index is 7.63. The summed E-state index contributed by atoms with van der Waals surface area (Å²) in [5, 5.41) is 2.19. The molecule has 0 saturated heterocycles. The molecule has 0 spiro atoms. The fourth-order valence-corrected chi connectivity index (χ4v) is 11.6. The molecule has 1 heterocycles. The third kappa shape index (κ3) is 8.65. The molecule has 376 valence electrons. The number of anilines is 6. The van der Waals surface area contributed by atoms with E-state index in [1.807, 2.05) is 0 Å². The first-order valence-electron chi connectivity index (χ1n) is 26.9. The predicted molar refractivity (Wildman–Crippen MR) is 320 cm³/mol. The standard InChI is InChI=1S/C72H72N2O/c1-47-24-42-59-61(44-47)72(52-20-16-14-17-21-52,53-22-18-15-19-23-53)62-46-63(74(56-37-29-50(30-38-56)70(8,9)10)57-39-31-51(32-40-57)71(11,12)13)67-66(65(59)62)60-43-41-58(45-64(60)75-67)73(54-33-25-48(26-34-54)68(2,3)4)55-35-27-49(28-36-55)69(5,6)7/h14-46H,1-13H3. The summed E-state index contributed by atoms with van der Waals surface area (Å²) in [5.74, 6) is 0. The van der Waals surface area contributed by atoms with Crippen molar-refractivity contribution in [2.24, 2.45) is 0 Å². The molecule has 0 aliphatic heterocycles. The van der Waals surface area contributed by atoms with E-state index in [-0.39, 0.29) is 21.7 Å². The highest BCUT2D eigenvalue weighted by Gasteiger charge is 2.48. The van der Waals surface area contributed by atoms with Gasteiger partial charge in [0.05, 0.1) is 11.1 Å². The molecule has 1 aliphatic rings. The molecule has 9 aromatic carbocycles. The summed E-state index contributed by atoms with van der Waals surface area (Å²) in [7, 11) is 0. The van der Waals surface area contributed by atoms with Gasteiger partial charge in [-0.2, -0.15) is 0 Å². The Bertz CT molecular complexity index is 3550. The second-order valence-electron chi connectivity index (χ2n) is 25.2. The van der Waals surface area contributed by atoms with Gasteiger partial charge in [0.1, 0.15) is 5.58 Å². The summed E-state index contributed by atoms with van der Waals surface area (Å²) in [6, 6.07) is 75.4. The van der Waals surface area contributed by atoms with Crippen molar-refractivity contribution < 1.29 is 4.42 Å². The smallest absolute Gasteiger partial charge is 0.160 e. The average molecular weight is 981 g/mol. The molecule has 0 radical (unpaired) electrons. The Labute approximate surface area is 446 Å². The van der Waals surface area contributed by atoms with Crippen LogP contribution in [-0.2, 0) is 27.1 Å². The number of hydrogen-bond acceptors (Lipinski definition) is 3. The summed E-state index contributed by atoms with van der Waals surface area (Å²) >= 11 is 0. The average Bonchev–Trinajstić information content (AvgIpc) is 3.99. The van der Waals surface area contributed by atoms with Gasteiger partial charge in [0.25, 0.3) is 0 Å². The van der Waals surface area contributed by atoms with Crippen molar-refractivity contribution in [1.29, 1.82) is 0 Å². The zero-order chi connectivity index (χ0) is 52.8. The van der Waals surface area contributed by atoms with Crippen molar-refractivity contribution in [3.8, 4) is 11.1 Å². The van der Waals surface area contributed by atoms with Crippen molar-refractivity contribution in [2.45, 2.75) is 117 Å². The molecule has 3 heteroatoms. The SMILES string of the molecule is Cc1ccc2c(c1)C(c1ccccc1)(c1ccccc1)c1cc(N(c3ccc(C(C)(C)C)cc3)c3ccc(C(C)(C)C)cc3)c3oc4cc(N(c5ccc(C(C)(C)C)cc5)c5ccc(C(C)(C)C)cc5)ccc4c3c1-2. The van der Waals surface area contributed by atoms with Gasteiger partial charge >= 0.3 is 0 Å². The second-order valence-corrected chi connectivity index (χ2v) is 25.2. The Morgan fingerprint density at radius 1 is 0.373 bits per heavy atom. The molecular formula is C72H72N2O. The van der Waals surface area contributed by atoms with Gasteiger partial charge in [-0.25, -0.2) is 0 Å². The van der Waals surface area contributed by atoms with Crippen molar-refractivity contribution in [3.05, 3.63) is 250 Å². The number of fused-ring (bicyclic) bond motifs is 7. The maximum Gasteiger partial charge on any atom is 0.160 e. The Morgan fingerprint density at radius 2 is 0.773 bits per heavy atom. The lowest BCUT2D eigenvalue weighted by atomic mass is 9.67. The molecular weight excluding hydrogens is 909 g/mol. The molecule has 3 nitrogen and oxygen atoms in total. The Hall–Kier alpha value is -7.62. The predicted octanol–water partition coefficient (Wildman–Crippen LogP) is 20.4. The van der Waals surface area contributed by atoms with Crippen molar-refractivity contribution in [3.63, 3.8) is 0 Å². The molecule has 0 fully saturated rings. The number of rotatable bonds is 8. The lowest BCUT2D eigenvalue weighted by Crippen LogP contribution is -2.29. The van der Waals surface area contributed by atoms with Gasteiger partial charge in [-0.1, -0.05) is 216 Å². The van der Waals surface area contributed by atoms with Crippen LogP contribution in [0.1, 0.15) is 133 Å². The molecule has 0 unspecified atom stereocenters. The highest BCUT2D eigenvalue weighted by Crippen LogP contribution is 2.61. The lowest BCUT2D eigenvalue weighted by molar-refractivity contribution is 0.590. The van der Waals surface area contributed by atoms with Gasteiger partial charge in [0, 0.05) is 45.3 Å². The summed E-state index contributed by atoms with van der Waals surface area (Å²) in [6.45, 7) is 29.6. The van der Waals surface area contributed by atoms with E-state index >= 15 is 0 Å². The number of aryl methyl sites for hydroxylation is 1. The number of benzene rings is 9. The highest BCUT2D eigenvalue weighted by molar-refractivity contribution is 6.20. The third-order valence-corrected chi connectivity index (χ3v) is 15.8.